The van der Waals surface area contributed by atoms with E-state index < -0.39 is 0 Å². The molecule has 0 unspecified atom stereocenters. The van der Waals surface area contributed by atoms with Crippen molar-refractivity contribution in [2.75, 3.05) is 33.3 Å². The van der Waals surface area contributed by atoms with E-state index in [9.17, 15) is 4.79 Å². The summed E-state index contributed by atoms with van der Waals surface area (Å²) < 4.78 is 5.15. The van der Waals surface area contributed by atoms with Crippen LogP contribution in [0.5, 0.6) is 0 Å². The number of aryl methyl sites for hydroxylation is 1. The first-order valence-electron chi connectivity index (χ1n) is 9.74. The van der Waals surface area contributed by atoms with Crippen LogP contribution in [-0.2, 0) is 16.0 Å². The fourth-order valence-electron chi connectivity index (χ4n) is 3.34. The zero-order valence-electron chi connectivity index (χ0n) is 16.7. The number of thiophene rings is 1. The van der Waals surface area contributed by atoms with Crippen molar-refractivity contribution in [3.63, 3.8) is 0 Å². The Balaban J connectivity index is 1.45. The monoisotopic (exact) mass is 420 g/mol. The maximum Gasteiger partial charge on any atom is 0.309 e. The SMILES string of the molecule is CCOC(=O)C1CCN(C(=NC)NCCc2ccc(-c3csc(C)n3)s2)CC1. The van der Waals surface area contributed by atoms with Crippen LogP contribution in [0.15, 0.2) is 22.5 Å². The molecule has 1 aliphatic heterocycles. The van der Waals surface area contributed by atoms with E-state index in [4.69, 9.17) is 4.74 Å². The highest BCUT2D eigenvalue weighted by Crippen LogP contribution is 2.29. The fraction of sp³-hybridized carbons (Fsp3) is 0.550. The van der Waals surface area contributed by atoms with Crippen molar-refractivity contribution in [3.8, 4) is 10.6 Å². The molecule has 0 bridgehead atoms. The number of likely N-dealkylation sites (tertiary alicyclic amines) is 1. The summed E-state index contributed by atoms with van der Waals surface area (Å²) in [5, 5.41) is 6.68. The van der Waals surface area contributed by atoms with Crippen LogP contribution in [0.1, 0.15) is 29.7 Å². The van der Waals surface area contributed by atoms with Gasteiger partial charge in [-0.2, -0.15) is 0 Å². The molecule has 1 saturated heterocycles. The number of aliphatic imine (C=N–C) groups is 1. The molecule has 0 saturated carbocycles. The number of hydrogen-bond donors (Lipinski definition) is 1. The topological polar surface area (TPSA) is 66.8 Å². The van der Waals surface area contributed by atoms with Gasteiger partial charge in [-0.15, -0.1) is 22.7 Å². The molecule has 2 aromatic rings. The van der Waals surface area contributed by atoms with Crippen LogP contribution in [0.3, 0.4) is 0 Å². The number of rotatable bonds is 6. The highest BCUT2D eigenvalue weighted by atomic mass is 32.1. The van der Waals surface area contributed by atoms with Gasteiger partial charge in [-0.05, 0) is 45.2 Å². The molecular weight excluding hydrogens is 392 g/mol. The highest BCUT2D eigenvalue weighted by molar-refractivity contribution is 7.16. The number of thiazole rings is 1. The minimum Gasteiger partial charge on any atom is -0.466 e. The van der Waals surface area contributed by atoms with Gasteiger partial charge in [-0.1, -0.05) is 0 Å². The third-order valence-corrected chi connectivity index (χ3v) is 6.75. The van der Waals surface area contributed by atoms with Crippen LogP contribution in [0.4, 0.5) is 0 Å². The van der Waals surface area contributed by atoms with Gasteiger partial charge in [-0.3, -0.25) is 9.79 Å². The smallest absolute Gasteiger partial charge is 0.309 e. The number of piperidine rings is 1. The van der Waals surface area contributed by atoms with Crippen LogP contribution in [-0.4, -0.2) is 55.1 Å². The van der Waals surface area contributed by atoms with Crippen molar-refractivity contribution in [1.29, 1.82) is 0 Å². The van der Waals surface area contributed by atoms with Gasteiger partial charge in [0.15, 0.2) is 5.96 Å². The molecule has 0 aromatic carbocycles. The van der Waals surface area contributed by atoms with E-state index in [2.05, 4.69) is 37.7 Å². The lowest BCUT2D eigenvalue weighted by molar-refractivity contribution is -0.149. The Morgan fingerprint density at radius 1 is 1.39 bits per heavy atom. The molecule has 8 heteroatoms. The molecule has 28 heavy (non-hydrogen) atoms. The summed E-state index contributed by atoms with van der Waals surface area (Å²) in [5.41, 5.74) is 1.08. The quantitative estimate of drug-likeness (QED) is 0.440. The van der Waals surface area contributed by atoms with Gasteiger partial charge >= 0.3 is 5.97 Å². The second-order valence-electron chi connectivity index (χ2n) is 6.76. The number of guanidine groups is 1. The van der Waals surface area contributed by atoms with Crippen LogP contribution in [0, 0.1) is 12.8 Å². The molecule has 3 heterocycles. The van der Waals surface area contributed by atoms with Crippen molar-refractivity contribution in [1.82, 2.24) is 15.2 Å². The molecule has 1 N–H and O–H groups in total. The molecule has 0 radical (unpaired) electrons. The van der Waals surface area contributed by atoms with Crippen molar-refractivity contribution in [3.05, 3.63) is 27.4 Å². The second-order valence-corrected chi connectivity index (χ2v) is 8.99. The van der Waals surface area contributed by atoms with Crippen molar-refractivity contribution < 1.29 is 9.53 Å². The second kappa shape index (κ2) is 10.0. The number of carbonyl (C=O) groups is 1. The van der Waals surface area contributed by atoms with Gasteiger partial charge < -0.3 is 15.0 Å². The van der Waals surface area contributed by atoms with Crippen LogP contribution >= 0.6 is 22.7 Å². The minimum absolute atomic E-state index is 0.0215. The summed E-state index contributed by atoms with van der Waals surface area (Å²) in [6.45, 7) is 6.83. The average Bonchev–Trinajstić information content (AvgIpc) is 3.34. The third kappa shape index (κ3) is 5.32. The first-order valence-corrected chi connectivity index (χ1v) is 11.4. The molecule has 0 spiro atoms. The molecule has 3 rings (SSSR count). The summed E-state index contributed by atoms with van der Waals surface area (Å²) in [6.07, 6.45) is 2.59. The van der Waals surface area contributed by atoms with Crippen molar-refractivity contribution in [2.24, 2.45) is 10.9 Å². The first kappa shape index (κ1) is 20.8. The molecule has 1 aliphatic rings. The van der Waals surface area contributed by atoms with Gasteiger partial charge in [0.05, 0.1) is 28.1 Å². The number of esters is 1. The number of carbonyl (C=O) groups excluding carboxylic acids is 1. The van der Waals surface area contributed by atoms with Crippen LogP contribution in [0.25, 0.3) is 10.6 Å². The molecule has 0 atom stereocenters. The molecule has 152 valence electrons. The third-order valence-electron chi connectivity index (χ3n) is 4.81. The zero-order valence-corrected chi connectivity index (χ0v) is 18.4. The Kier molecular flexibility index (Phi) is 7.44. The number of nitrogens with zero attached hydrogens (tertiary/aromatic N) is 3. The zero-order chi connectivity index (χ0) is 19.9. The Labute approximate surface area is 174 Å². The number of aromatic nitrogens is 1. The normalized spacial score (nSPS) is 15.7. The first-order chi connectivity index (χ1) is 13.6. The largest absolute Gasteiger partial charge is 0.466 e. The summed E-state index contributed by atoms with van der Waals surface area (Å²) >= 11 is 3.49. The number of ether oxygens (including phenoxy) is 1. The lowest BCUT2D eigenvalue weighted by Gasteiger charge is -2.33. The van der Waals surface area contributed by atoms with Crippen LogP contribution < -0.4 is 5.32 Å². The van der Waals surface area contributed by atoms with Gasteiger partial charge in [-0.25, -0.2) is 4.98 Å². The minimum atomic E-state index is -0.0612. The average molecular weight is 421 g/mol. The predicted octanol–water partition coefficient (Wildman–Crippen LogP) is 3.57. The Morgan fingerprint density at radius 3 is 2.82 bits per heavy atom. The van der Waals surface area contributed by atoms with Gasteiger partial charge in [0.2, 0.25) is 0 Å². The maximum atomic E-state index is 11.9. The van der Waals surface area contributed by atoms with Crippen LogP contribution in [0.2, 0.25) is 0 Å². The lowest BCUT2D eigenvalue weighted by atomic mass is 9.97. The maximum absolute atomic E-state index is 11.9. The van der Waals surface area contributed by atoms with E-state index in [1.54, 1.807) is 22.7 Å². The summed E-state index contributed by atoms with van der Waals surface area (Å²) in [6, 6.07) is 4.34. The molecule has 6 nitrogen and oxygen atoms in total. The molecular formula is C20H28N4O2S2. The van der Waals surface area contributed by atoms with Gasteiger partial charge in [0.25, 0.3) is 0 Å². The van der Waals surface area contributed by atoms with Gasteiger partial charge in [0, 0.05) is 36.9 Å². The Bertz CT molecular complexity index is 807. The number of hydrogen-bond acceptors (Lipinski definition) is 6. The molecule has 0 aliphatic carbocycles. The van der Waals surface area contributed by atoms with E-state index in [0.717, 1.165) is 55.6 Å². The van der Waals surface area contributed by atoms with Gasteiger partial charge in [0.1, 0.15) is 0 Å². The Hall–Kier alpha value is -1.93. The summed E-state index contributed by atoms with van der Waals surface area (Å²) in [5.74, 6) is 0.872. The van der Waals surface area contributed by atoms with E-state index in [1.807, 2.05) is 20.9 Å². The van der Waals surface area contributed by atoms with E-state index in [1.165, 1.54) is 9.75 Å². The standard InChI is InChI=1S/C20H28N4O2S2/c1-4-26-19(25)15-8-11-24(12-9-15)20(21-3)22-10-7-16-5-6-18(28-16)17-13-27-14(2)23-17/h5-6,13,15H,4,7-12H2,1-3H3,(H,21,22). The lowest BCUT2D eigenvalue weighted by Crippen LogP contribution is -2.47. The summed E-state index contributed by atoms with van der Waals surface area (Å²) in [7, 11) is 1.81. The van der Waals surface area contributed by atoms with E-state index >= 15 is 0 Å². The molecule has 0 amide bonds. The van der Waals surface area contributed by atoms with Crippen molar-refractivity contribution >= 4 is 34.6 Å². The summed E-state index contributed by atoms with van der Waals surface area (Å²) in [4.78, 5) is 25.7. The number of nitrogens with one attached hydrogen (secondary N) is 1. The molecule has 2 aromatic heterocycles. The Morgan fingerprint density at radius 2 is 2.18 bits per heavy atom. The molecule has 1 fully saturated rings. The highest BCUT2D eigenvalue weighted by Gasteiger charge is 2.27. The van der Waals surface area contributed by atoms with Crippen molar-refractivity contribution in [2.45, 2.75) is 33.1 Å². The fourth-order valence-corrected chi connectivity index (χ4v) is 5.00. The van der Waals surface area contributed by atoms with E-state index in [-0.39, 0.29) is 11.9 Å². The predicted molar refractivity (Wildman–Crippen MR) is 116 cm³/mol. The van der Waals surface area contributed by atoms with E-state index in [0.29, 0.717) is 6.61 Å².